The molecule has 0 unspecified atom stereocenters. The van der Waals surface area contributed by atoms with Crippen molar-refractivity contribution < 1.29 is 32.2 Å². The second-order valence-electron chi connectivity index (χ2n) is 3.59. The molecule has 1 aromatic rings. The second-order valence-corrected chi connectivity index (χ2v) is 3.59. The number of hydrogen-bond acceptors (Lipinski definition) is 4. The first-order chi connectivity index (χ1) is 9.29. The summed E-state index contributed by atoms with van der Waals surface area (Å²) in [5.41, 5.74) is -0.259. The van der Waals surface area contributed by atoms with Crippen LogP contribution >= 0.6 is 0 Å². The standard InChI is InChI=1S/C12H12F3NO4/c1-3-20-9-5-4-7(6-8(9)10(17)19-2)16-11(18)12(13,14)15/h4-6H,3H2,1-2H3,(H,16,18). The van der Waals surface area contributed by atoms with Crippen molar-refractivity contribution in [2.75, 3.05) is 19.0 Å². The lowest BCUT2D eigenvalue weighted by Gasteiger charge is -2.12. The summed E-state index contributed by atoms with van der Waals surface area (Å²) >= 11 is 0. The fraction of sp³-hybridized carbons (Fsp3) is 0.333. The van der Waals surface area contributed by atoms with Crippen molar-refractivity contribution in [3.8, 4) is 5.75 Å². The molecule has 0 aromatic heterocycles. The van der Waals surface area contributed by atoms with Crippen LogP contribution in [0.2, 0.25) is 0 Å². The number of hydrogen-bond donors (Lipinski definition) is 1. The van der Waals surface area contributed by atoms with Crippen molar-refractivity contribution in [1.29, 1.82) is 0 Å². The predicted molar refractivity (Wildman–Crippen MR) is 63.6 cm³/mol. The highest BCUT2D eigenvalue weighted by atomic mass is 19.4. The van der Waals surface area contributed by atoms with Gasteiger partial charge in [-0.05, 0) is 25.1 Å². The first kappa shape index (κ1) is 15.8. The first-order valence-corrected chi connectivity index (χ1v) is 5.53. The minimum atomic E-state index is -5.01. The topological polar surface area (TPSA) is 64.6 Å². The van der Waals surface area contributed by atoms with Crippen LogP contribution in [0.3, 0.4) is 0 Å². The van der Waals surface area contributed by atoms with Crippen LogP contribution in [0.25, 0.3) is 0 Å². The SMILES string of the molecule is CCOc1ccc(NC(=O)C(F)(F)F)cc1C(=O)OC. The van der Waals surface area contributed by atoms with Gasteiger partial charge < -0.3 is 14.8 Å². The Morgan fingerprint density at radius 2 is 1.95 bits per heavy atom. The Bertz CT molecular complexity index is 514. The summed E-state index contributed by atoms with van der Waals surface area (Å²) < 4.78 is 46.0. The second kappa shape index (κ2) is 6.27. The first-order valence-electron chi connectivity index (χ1n) is 5.53. The zero-order chi connectivity index (χ0) is 15.3. The number of methoxy groups -OCH3 is 1. The molecule has 1 amide bonds. The number of halogens is 3. The van der Waals surface area contributed by atoms with Gasteiger partial charge in [-0.15, -0.1) is 0 Å². The van der Waals surface area contributed by atoms with E-state index in [9.17, 15) is 22.8 Å². The lowest BCUT2D eigenvalue weighted by molar-refractivity contribution is -0.167. The Balaban J connectivity index is 3.06. The van der Waals surface area contributed by atoms with E-state index in [4.69, 9.17) is 4.74 Å². The molecule has 0 spiro atoms. The zero-order valence-corrected chi connectivity index (χ0v) is 10.7. The molecule has 8 heteroatoms. The van der Waals surface area contributed by atoms with Gasteiger partial charge in [-0.3, -0.25) is 4.79 Å². The van der Waals surface area contributed by atoms with E-state index >= 15 is 0 Å². The number of nitrogens with one attached hydrogen (secondary N) is 1. The Morgan fingerprint density at radius 3 is 2.45 bits per heavy atom. The molecule has 0 saturated heterocycles. The average Bonchev–Trinajstić information content (AvgIpc) is 2.38. The van der Waals surface area contributed by atoms with Crippen LogP contribution in [-0.4, -0.2) is 31.8 Å². The van der Waals surface area contributed by atoms with E-state index in [-0.39, 0.29) is 23.6 Å². The summed E-state index contributed by atoms with van der Waals surface area (Å²) in [6, 6.07) is 3.53. The number of benzene rings is 1. The van der Waals surface area contributed by atoms with E-state index in [0.717, 1.165) is 13.2 Å². The van der Waals surface area contributed by atoms with Crippen LogP contribution in [0.4, 0.5) is 18.9 Å². The van der Waals surface area contributed by atoms with E-state index in [2.05, 4.69) is 4.74 Å². The van der Waals surface area contributed by atoms with Crippen LogP contribution in [0, 0.1) is 0 Å². The number of esters is 1. The third-order valence-electron chi connectivity index (χ3n) is 2.20. The van der Waals surface area contributed by atoms with E-state index in [1.54, 1.807) is 12.2 Å². The van der Waals surface area contributed by atoms with Gasteiger partial charge in [0.15, 0.2) is 0 Å². The molecule has 0 atom stereocenters. The largest absolute Gasteiger partial charge is 0.493 e. The fourth-order valence-electron chi connectivity index (χ4n) is 1.36. The maximum absolute atomic E-state index is 12.1. The van der Waals surface area contributed by atoms with Crippen molar-refractivity contribution in [3.63, 3.8) is 0 Å². The van der Waals surface area contributed by atoms with Crippen LogP contribution in [0.1, 0.15) is 17.3 Å². The fourth-order valence-corrected chi connectivity index (χ4v) is 1.36. The third kappa shape index (κ3) is 3.87. The smallest absolute Gasteiger partial charge is 0.471 e. The van der Waals surface area contributed by atoms with Gasteiger partial charge in [0, 0.05) is 5.69 Å². The van der Waals surface area contributed by atoms with Gasteiger partial charge >= 0.3 is 18.1 Å². The Kier molecular flexibility index (Phi) is 4.95. The highest BCUT2D eigenvalue weighted by Crippen LogP contribution is 2.25. The highest BCUT2D eigenvalue weighted by molar-refractivity contribution is 5.98. The summed E-state index contributed by atoms with van der Waals surface area (Å²) in [7, 11) is 1.12. The number of ether oxygens (including phenoxy) is 2. The van der Waals surface area contributed by atoms with Gasteiger partial charge in [-0.1, -0.05) is 0 Å². The van der Waals surface area contributed by atoms with Gasteiger partial charge in [0.1, 0.15) is 11.3 Å². The predicted octanol–water partition coefficient (Wildman–Crippen LogP) is 2.37. The normalized spacial score (nSPS) is 10.8. The number of rotatable bonds is 4. The van der Waals surface area contributed by atoms with Crippen molar-refractivity contribution in [1.82, 2.24) is 0 Å². The molecule has 5 nitrogen and oxygen atoms in total. The molecule has 0 bridgehead atoms. The third-order valence-corrected chi connectivity index (χ3v) is 2.20. The summed E-state index contributed by atoms with van der Waals surface area (Å²) in [5, 5.41) is 1.64. The number of amides is 1. The van der Waals surface area contributed by atoms with Crippen LogP contribution in [-0.2, 0) is 9.53 Å². The summed E-state index contributed by atoms with van der Waals surface area (Å²) in [6.45, 7) is 1.94. The van der Waals surface area contributed by atoms with E-state index < -0.39 is 18.1 Å². The summed E-state index contributed by atoms with van der Waals surface area (Å²) in [5.74, 6) is -2.75. The van der Waals surface area contributed by atoms with Crippen molar-refractivity contribution in [2.24, 2.45) is 0 Å². The Morgan fingerprint density at radius 1 is 1.30 bits per heavy atom. The molecular weight excluding hydrogens is 279 g/mol. The molecule has 0 radical (unpaired) electrons. The molecule has 0 aliphatic rings. The minimum absolute atomic E-state index is 0.0747. The molecule has 1 rings (SSSR count). The molecule has 110 valence electrons. The van der Waals surface area contributed by atoms with Gasteiger partial charge in [-0.2, -0.15) is 13.2 Å². The monoisotopic (exact) mass is 291 g/mol. The van der Waals surface area contributed by atoms with Gasteiger partial charge in [0.25, 0.3) is 0 Å². The number of anilines is 1. The van der Waals surface area contributed by atoms with Crippen molar-refractivity contribution in [3.05, 3.63) is 23.8 Å². The molecule has 0 aliphatic heterocycles. The van der Waals surface area contributed by atoms with Crippen LogP contribution in [0.5, 0.6) is 5.75 Å². The Labute approximate surface area is 112 Å². The molecule has 0 heterocycles. The van der Waals surface area contributed by atoms with E-state index in [1.165, 1.54) is 12.1 Å². The maximum atomic E-state index is 12.1. The summed E-state index contributed by atoms with van der Waals surface area (Å²) in [6.07, 6.45) is -5.01. The van der Waals surface area contributed by atoms with Crippen LogP contribution < -0.4 is 10.1 Å². The molecule has 0 aliphatic carbocycles. The number of alkyl halides is 3. The van der Waals surface area contributed by atoms with E-state index in [0.29, 0.717) is 0 Å². The zero-order valence-electron chi connectivity index (χ0n) is 10.7. The molecule has 20 heavy (non-hydrogen) atoms. The van der Waals surface area contributed by atoms with E-state index in [1.807, 2.05) is 0 Å². The van der Waals surface area contributed by atoms with Gasteiger partial charge in [0.05, 0.1) is 13.7 Å². The summed E-state index contributed by atoms with van der Waals surface area (Å²) in [4.78, 5) is 22.3. The Hall–Kier alpha value is -2.25. The lowest BCUT2D eigenvalue weighted by atomic mass is 10.1. The minimum Gasteiger partial charge on any atom is -0.493 e. The molecule has 1 aromatic carbocycles. The molecular formula is C12H12F3NO4. The molecule has 1 N–H and O–H groups in total. The van der Waals surface area contributed by atoms with Gasteiger partial charge in [0.2, 0.25) is 0 Å². The highest BCUT2D eigenvalue weighted by Gasteiger charge is 2.38. The maximum Gasteiger partial charge on any atom is 0.471 e. The molecule has 0 saturated carbocycles. The number of carbonyl (C=O) groups is 2. The molecule has 0 fully saturated rings. The van der Waals surface area contributed by atoms with Crippen molar-refractivity contribution in [2.45, 2.75) is 13.1 Å². The quantitative estimate of drug-likeness (QED) is 0.865. The lowest BCUT2D eigenvalue weighted by Crippen LogP contribution is -2.30. The average molecular weight is 291 g/mol. The van der Waals surface area contributed by atoms with Gasteiger partial charge in [-0.25, -0.2) is 4.79 Å². The van der Waals surface area contributed by atoms with Crippen LogP contribution in [0.15, 0.2) is 18.2 Å². The number of carbonyl (C=O) groups excluding carboxylic acids is 2. The van der Waals surface area contributed by atoms with Crippen molar-refractivity contribution >= 4 is 17.6 Å².